The summed E-state index contributed by atoms with van der Waals surface area (Å²) >= 11 is 1.71. The van der Waals surface area contributed by atoms with Crippen LogP contribution >= 0.6 is 11.8 Å². The minimum atomic E-state index is -0.589. The van der Waals surface area contributed by atoms with Gasteiger partial charge in [0.1, 0.15) is 12.1 Å². The van der Waals surface area contributed by atoms with Crippen LogP contribution in [0.25, 0.3) is 10.9 Å². The molecule has 0 aliphatic carbocycles. The number of hydrogen-bond acceptors (Lipinski definition) is 9. The van der Waals surface area contributed by atoms with Gasteiger partial charge < -0.3 is 34.6 Å². The Labute approximate surface area is 341 Å². The molecule has 5 aromatic carbocycles. The van der Waals surface area contributed by atoms with E-state index in [1.165, 1.54) is 0 Å². The zero-order valence-corrected chi connectivity index (χ0v) is 33.8. The van der Waals surface area contributed by atoms with Crippen molar-refractivity contribution in [2.24, 2.45) is 9.98 Å². The SMILES string of the molecule is COc1cc2c(cc1OC)C(c1ccccc1)=NC(CCSC)C(=O)N2.COc1cc2c(cc1OC)C(c1ccccc1)=NC(Cc1c[nH]c3ccccc13)C(=O)N2. The van der Waals surface area contributed by atoms with Crippen LogP contribution in [0.4, 0.5) is 11.4 Å². The number of H-pyrrole nitrogens is 1. The van der Waals surface area contributed by atoms with Gasteiger partial charge in [-0.05, 0) is 42.2 Å². The van der Waals surface area contributed by atoms with Crippen LogP contribution in [0.15, 0.2) is 125 Å². The van der Waals surface area contributed by atoms with Gasteiger partial charge >= 0.3 is 0 Å². The van der Waals surface area contributed by atoms with Crippen molar-refractivity contribution < 1.29 is 28.5 Å². The number of nitrogens with one attached hydrogen (secondary N) is 3. The summed E-state index contributed by atoms with van der Waals surface area (Å²) in [6.07, 6.45) is 5.15. The summed E-state index contributed by atoms with van der Waals surface area (Å²) in [7, 11) is 6.35. The maximum atomic E-state index is 13.3. The van der Waals surface area contributed by atoms with Gasteiger partial charge in [0.2, 0.25) is 11.8 Å². The normalized spacial score (nSPS) is 15.8. The van der Waals surface area contributed by atoms with E-state index >= 15 is 0 Å². The highest BCUT2D eigenvalue weighted by atomic mass is 32.2. The lowest BCUT2D eigenvalue weighted by Crippen LogP contribution is -2.27. The highest BCUT2D eigenvalue weighted by molar-refractivity contribution is 7.98. The molecule has 0 fully saturated rings. The van der Waals surface area contributed by atoms with Gasteiger partial charge in [0.25, 0.3) is 0 Å². The summed E-state index contributed by atoms with van der Waals surface area (Å²) in [5, 5.41) is 7.17. The Balaban J connectivity index is 0.000000181. The van der Waals surface area contributed by atoms with Crippen LogP contribution in [-0.2, 0) is 16.0 Å². The molecular formula is C46H45N5O6S. The number of aromatic nitrogens is 1. The lowest BCUT2D eigenvalue weighted by atomic mass is 9.99. The van der Waals surface area contributed by atoms with Gasteiger partial charge in [-0.2, -0.15) is 11.8 Å². The van der Waals surface area contributed by atoms with Gasteiger partial charge in [0, 0.05) is 57.9 Å². The van der Waals surface area contributed by atoms with Crippen LogP contribution < -0.4 is 29.6 Å². The smallest absolute Gasteiger partial charge is 0.249 e. The first-order valence-electron chi connectivity index (χ1n) is 18.8. The highest BCUT2D eigenvalue weighted by Crippen LogP contribution is 2.38. The van der Waals surface area contributed by atoms with Gasteiger partial charge in [-0.1, -0.05) is 78.9 Å². The van der Waals surface area contributed by atoms with E-state index in [4.69, 9.17) is 28.9 Å². The van der Waals surface area contributed by atoms with E-state index in [1.807, 2.05) is 103 Å². The molecule has 11 nitrogen and oxygen atoms in total. The minimum Gasteiger partial charge on any atom is -0.493 e. The number of carbonyl (C=O) groups excluding carboxylic acids is 2. The molecular weight excluding hydrogens is 751 g/mol. The van der Waals surface area contributed by atoms with Crippen molar-refractivity contribution in [2.75, 3.05) is 51.1 Å². The van der Waals surface area contributed by atoms with E-state index < -0.39 is 12.1 Å². The number of methoxy groups -OCH3 is 4. The van der Waals surface area contributed by atoms with Crippen LogP contribution in [0.5, 0.6) is 23.0 Å². The number of ether oxygens (including phenoxy) is 4. The number of para-hydroxylation sites is 1. The molecule has 2 amide bonds. The van der Waals surface area contributed by atoms with E-state index in [0.29, 0.717) is 47.2 Å². The number of anilines is 2. The van der Waals surface area contributed by atoms with Crippen molar-refractivity contribution >= 4 is 57.3 Å². The molecule has 0 bridgehead atoms. The van der Waals surface area contributed by atoms with Crippen molar-refractivity contribution in [1.29, 1.82) is 0 Å². The molecule has 2 aliphatic rings. The predicted octanol–water partition coefficient (Wildman–Crippen LogP) is 8.20. The Morgan fingerprint density at radius 3 is 1.59 bits per heavy atom. The van der Waals surface area contributed by atoms with Crippen molar-refractivity contribution in [3.63, 3.8) is 0 Å². The minimum absolute atomic E-state index is 0.0987. The van der Waals surface area contributed by atoms with Gasteiger partial charge in [-0.3, -0.25) is 19.6 Å². The third-order valence-electron chi connectivity index (χ3n) is 10.0. The monoisotopic (exact) mass is 795 g/mol. The Morgan fingerprint density at radius 2 is 1.07 bits per heavy atom. The fourth-order valence-electron chi connectivity index (χ4n) is 7.08. The summed E-state index contributed by atoms with van der Waals surface area (Å²) in [6, 6.07) is 34.2. The molecule has 3 N–H and O–H groups in total. The molecule has 0 saturated carbocycles. The largest absolute Gasteiger partial charge is 0.493 e. The van der Waals surface area contributed by atoms with Crippen LogP contribution in [0.1, 0.15) is 34.2 Å². The zero-order chi connectivity index (χ0) is 40.6. The number of fused-ring (bicyclic) bond motifs is 3. The second kappa shape index (κ2) is 18.2. The molecule has 2 atom stereocenters. The fraction of sp³-hybridized carbons (Fsp3) is 0.217. The fourth-order valence-corrected chi connectivity index (χ4v) is 7.54. The summed E-state index contributed by atoms with van der Waals surface area (Å²) in [4.78, 5) is 39.1. The third kappa shape index (κ3) is 8.42. The van der Waals surface area contributed by atoms with E-state index in [2.05, 4.69) is 21.7 Å². The first-order valence-corrected chi connectivity index (χ1v) is 20.2. The molecule has 3 heterocycles. The molecule has 2 aliphatic heterocycles. The van der Waals surface area contributed by atoms with Gasteiger partial charge in [-0.25, -0.2) is 0 Å². The molecule has 1 aromatic heterocycles. The number of nitrogens with zero attached hydrogens (tertiary/aromatic N) is 2. The second-order valence-electron chi connectivity index (χ2n) is 13.5. The molecule has 6 aromatic rings. The Hall–Kier alpha value is -6.53. The number of benzodiazepines with no additional fused rings is 2. The number of thioether (sulfide) groups is 1. The highest BCUT2D eigenvalue weighted by Gasteiger charge is 2.29. The Morgan fingerprint density at radius 1 is 0.603 bits per heavy atom. The summed E-state index contributed by atoms with van der Waals surface area (Å²) in [5.41, 5.74) is 8.47. The number of aliphatic imine (C=N–C) groups is 2. The second-order valence-corrected chi connectivity index (χ2v) is 14.5. The maximum absolute atomic E-state index is 13.3. The first kappa shape index (κ1) is 39.7. The summed E-state index contributed by atoms with van der Waals surface area (Å²) < 4.78 is 21.8. The third-order valence-corrected chi connectivity index (χ3v) is 10.7. The quantitative estimate of drug-likeness (QED) is 0.120. The lowest BCUT2D eigenvalue weighted by molar-refractivity contribution is -0.118. The van der Waals surface area contributed by atoms with Crippen molar-refractivity contribution in [3.05, 3.63) is 143 Å². The topological polar surface area (TPSA) is 136 Å². The standard InChI is InChI=1S/C26H23N3O3.C20H22N2O3S/c1-31-23-13-19-21(14-24(23)32-2)29-26(30)22(28-25(19)16-8-4-3-5-9-16)12-17-15-27-20-11-7-6-10-18(17)20;1-24-17-11-14-16(12-18(17)25-2)22-20(23)15(9-10-26-3)21-19(14)13-7-5-4-6-8-13/h3-11,13-15,22,27H,12H2,1-2H3,(H,29,30);4-8,11-12,15H,9-10H2,1-3H3,(H,22,23). The van der Waals surface area contributed by atoms with E-state index in [1.54, 1.807) is 52.3 Å². The number of aromatic amines is 1. The molecule has 2 unspecified atom stereocenters. The van der Waals surface area contributed by atoms with Crippen LogP contribution in [0.2, 0.25) is 0 Å². The zero-order valence-electron chi connectivity index (χ0n) is 33.0. The maximum Gasteiger partial charge on any atom is 0.249 e. The van der Waals surface area contributed by atoms with Crippen LogP contribution in [0.3, 0.4) is 0 Å². The molecule has 8 rings (SSSR count). The molecule has 0 saturated heterocycles. The number of amides is 2. The van der Waals surface area contributed by atoms with Gasteiger partial charge in [0.05, 0.1) is 51.2 Å². The molecule has 58 heavy (non-hydrogen) atoms. The van der Waals surface area contributed by atoms with Crippen molar-refractivity contribution in [2.45, 2.75) is 24.9 Å². The number of benzene rings is 5. The first-order chi connectivity index (χ1) is 28.3. The summed E-state index contributed by atoms with van der Waals surface area (Å²) in [5.74, 6) is 2.92. The van der Waals surface area contributed by atoms with Crippen molar-refractivity contribution in [3.8, 4) is 23.0 Å². The average Bonchev–Trinajstić information content (AvgIpc) is 3.55. The number of hydrogen-bond donors (Lipinski definition) is 3. The number of carbonyl (C=O) groups is 2. The Kier molecular flexibility index (Phi) is 12.4. The van der Waals surface area contributed by atoms with E-state index in [0.717, 1.165) is 55.9 Å². The summed E-state index contributed by atoms with van der Waals surface area (Å²) in [6.45, 7) is 0. The number of rotatable bonds is 11. The van der Waals surface area contributed by atoms with Gasteiger partial charge in [0.15, 0.2) is 23.0 Å². The van der Waals surface area contributed by atoms with E-state index in [-0.39, 0.29) is 11.8 Å². The molecule has 296 valence electrons. The molecule has 0 radical (unpaired) electrons. The molecule has 0 spiro atoms. The van der Waals surface area contributed by atoms with Crippen LogP contribution in [-0.4, -0.2) is 80.8 Å². The van der Waals surface area contributed by atoms with Crippen molar-refractivity contribution in [1.82, 2.24) is 4.98 Å². The van der Waals surface area contributed by atoms with Gasteiger partial charge in [-0.15, -0.1) is 0 Å². The lowest BCUT2D eigenvalue weighted by Gasteiger charge is -2.15. The Bertz CT molecular complexity index is 2480. The average molecular weight is 796 g/mol. The predicted molar refractivity (Wildman–Crippen MR) is 233 cm³/mol. The molecule has 12 heteroatoms. The van der Waals surface area contributed by atoms with Crippen LogP contribution in [0, 0.1) is 0 Å². The van der Waals surface area contributed by atoms with E-state index in [9.17, 15) is 9.59 Å².